The Labute approximate surface area is 113 Å². The molecule has 104 valence electrons. The second-order valence-corrected chi connectivity index (χ2v) is 4.67. The van der Waals surface area contributed by atoms with Crippen LogP contribution in [-0.2, 0) is 4.79 Å². The lowest BCUT2D eigenvalue weighted by Crippen LogP contribution is -2.30. The summed E-state index contributed by atoms with van der Waals surface area (Å²) < 4.78 is 0. The zero-order chi connectivity index (χ0) is 14.7. The lowest BCUT2D eigenvalue weighted by molar-refractivity contribution is -0.114. The van der Waals surface area contributed by atoms with Gasteiger partial charge in [-0.1, -0.05) is 6.58 Å². The standard InChI is InChI=1S/C12H20N6O/c1-8(2)9(19)18(7)12-14-10(16(3)4)13-11(15-12)17(5)6/h1H2,2-7H3. The van der Waals surface area contributed by atoms with Crippen LogP contribution in [0.5, 0.6) is 0 Å². The Kier molecular flexibility index (Phi) is 4.42. The first-order chi connectivity index (χ1) is 8.73. The molecule has 1 aromatic heterocycles. The Balaban J connectivity index is 3.26. The molecule has 0 aliphatic rings. The van der Waals surface area contributed by atoms with E-state index in [-0.39, 0.29) is 5.91 Å². The number of aromatic nitrogens is 3. The maximum Gasteiger partial charge on any atom is 0.255 e. The van der Waals surface area contributed by atoms with Crippen molar-refractivity contribution in [3.8, 4) is 0 Å². The van der Waals surface area contributed by atoms with Gasteiger partial charge in [-0.15, -0.1) is 0 Å². The van der Waals surface area contributed by atoms with Gasteiger partial charge in [0.25, 0.3) is 5.91 Å². The fourth-order valence-electron chi connectivity index (χ4n) is 1.27. The summed E-state index contributed by atoms with van der Waals surface area (Å²) in [7, 11) is 8.95. The van der Waals surface area contributed by atoms with Gasteiger partial charge in [0, 0.05) is 40.8 Å². The SMILES string of the molecule is C=C(C)C(=O)N(C)c1nc(N(C)C)nc(N(C)C)n1. The van der Waals surface area contributed by atoms with E-state index in [0.29, 0.717) is 23.4 Å². The first-order valence-corrected chi connectivity index (χ1v) is 5.78. The molecule has 1 heterocycles. The van der Waals surface area contributed by atoms with E-state index in [2.05, 4.69) is 21.5 Å². The van der Waals surface area contributed by atoms with Crippen LogP contribution in [0.4, 0.5) is 17.8 Å². The van der Waals surface area contributed by atoms with Crippen molar-refractivity contribution in [2.75, 3.05) is 49.9 Å². The molecule has 0 atom stereocenters. The smallest absolute Gasteiger partial charge is 0.255 e. The van der Waals surface area contributed by atoms with E-state index in [0.717, 1.165) is 0 Å². The molecule has 7 nitrogen and oxygen atoms in total. The number of likely N-dealkylation sites (N-methyl/N-ethyl adjacent to an activating group) is 1. The highest BCUT2D eigenvalue weighted by atomic mass is 16.2. The topological polar surface area (TPSA) is 65.5 Å². The zero-order valence-corrected chi connectivity index (χ0v) is 12.3. The van der Waals surface area contributed by atoms with Crippen molar-refractivity contribution in [1.29, 1.82) is 0 Å². The Bertz CT molecular complexity index is 471. The third kappa shape index (κ3) is 3.40. The fraction of sp³-hybridized carbons (Fsp3) is 0.500. The fourth-order valence-corrected chi connectivity index (χ4v) is 1.27. The zero-order valence-electron chi connectivity index (χ0n) is 12.3. The highest BCUT2D eigenvalue weighted by molar-refractivity contribution is 6.03. The van der Waals surface area contributed by atoms with Crippen LogP contribution < -0.4 is 14.7 Å². The first kappa shape index (κ1) is 14.9. The molecule has 0 fully saturated rings. The van der Waals surface area contributed by atoms with Gasteiger partial charge in [-0.25, -0.2) is 0 Å². The lowest BCUT2D eigenvalue weighted by atomic mass is 10.3. The van der Waals surface area contributed by atoms with Gasteiger partial charge in [0.05, 0.1) is 0 Å². The molecule has 0 bridgehead atoms. The molecule has 0 saturated heterocycles. The molecule has 0 radical (unpaired) electrons. The van der Waals surface area contributed by atoms with Gasteiger partial charge in [0.1, 0.15) is 0 Å². The molecule has 0 unspecified atom stereocenters. The van der Waals surface area contributed by atoms with Crippen molar-refractivity contribution < 1.29 is 4.79 Å². The third-order valence-electron chi connectivity index (χ3n) is 2.37. The van der Waals surface area contributed by atoms with Crippen molar-refractivity contribution in [2.24, 2.45) is 0 Å². The van der Waals surface area contributed by atoms with Crippen LogP contribution in [0.1, 0.15) is 6.92 Å². The van der Waals surface area contributed by atoms with E-state index in [9.17, 15) is 4.79 Å². The monoisotopic (exact) mass is 264 g/mol. The Morgan fingerprint density at radius 2 is 1.26 bits per heavy atom. The average Bonchev–Trinajstić information content (AvgIpc) is 2.36. The number of anilines is 3. The number of carbonyl (C=O) groups excluding carboxylic acids is 1. The van der Waals surface area contributed by atoms with Crippen LogP contribution in [-0.4, -0.2) is 56.1 Å². The van der Waals surface area contributed by atoms with E-state index >= 15 is 0 Å². The molecule has 0 saturated carbocycles. The lowest BCUT2D eigenvalue weighted by Gasteiger charge is -2.20. The second-order valence-electron chi connectivity index (χ2n) is 4.67. The van der Waals surface area contributed by atoms with Gasteiger partial charge < -0.3 is 9.80 Å². The summed E-state index contributed by atoms with van der Waals surface area (Å²) >= 11 is 0. The summed E-state index contributed by atoms with van der Waals surface area (Å²) in [5.41, 5.74) is 0.431. The minimum Gasteiger partial charge on any atom is -0.347 e. The maximum absolute atomic E-state index is 11.9. The molecule has 0 aliphatic heterocycles. The molecule has 7 heteroatoms. The highest BCUT2D eigenvalue weighted by Gasteiger charge is 2.18. The molecule has 0 spiro atoms. The van der Waals surface area contributed by atoms with Crippen molar-refractivity contribution in [1.82, 2.24) is 15.0 Å². The molecule has 0 aromatic carbocycles. The van der Waals surface area contributed by atoms with E-state index in [1.807, 2.05) is 28.2 Å². The van der Waals surface area contributed by atoms with Gasteiger partial charge in [0.15, 0.2) is 0 Å². The van der Waals surface area contributed by atoms with E-state index in [1.165, 1.54) is 4.90 Å². The van der Waals surface area contributed by atoms with E-state index < -0.39 is 0 Å². The third-order valence-corrected chi connectivity index (χ3v) is 2.37. The van der Waals surface area contributed by atoms with Crippen molar-refractivity contribution >= 4 is 23.8 Å². The summed E-state index contributed by atoms with van der Waals surface area (Å²) in [6, 6.07) is 0. The molecule has 19 heavy (non-hydrogen) atoms. The van der Waals surface area contributed by atoms with Crippen molar-refractivity contribution in [3.63, 3.8) is 0 Å². The van der Waals surface area contributed by atoms with Crippen LogP contribution >= 0.6 is 0 Å². The Hall–Kier alpha value is -2.18. The average molecular weight is 264 g/mol. The minimum absolute atomic E-state index is 0.222. The molecule has 1 aromatic rings. The van der Waals surface area contributed by atoms with Gasteiger partial charge >= 0.3 is 0 Å². The summed E-state index contributed by atoms with van der Waals surface area (Å²) in [6.07, 6.45) is 0. The number of hydrogen-bond donors (Lipinski definition) is 0. The van der Waals surface area contributed by atoms with E-state index in [1.54, 1.807) is 23.8 Å². The second kappa shape index (κ2) is 5.64. The number of hydrogen-bond acceptors (Lipinski definition) is 6. The summed E-state index contributed by atoms with van der Waals surface area (Å²) in [4.78, 5) is 29.6. The molecule has 0 aliphatic carbocycles. The van der Waals surface area contributed by atoms with Gasteiger partial charge in [-0.3, -0.25) is 9.69 Å². The normalized spacial score (nSPS) is 10.0. The van der Waals surface area contributed by atoms with Crippen LogP contribution in [0.15, 0.2) is 12.2 Å². The van der Waals surface area contributed by atoms with Gasteiger partial charge in [0.2, 0.25) is 17.8 Å². The Morgan fingerprint density at radius 3 is 1.58 bits per heavy atom. The van der Waals surface area contributed by atoms with Crippen LogP contribution in [0.3, 0.4) is 0 Å². The summed E-state index contributed by atoms with van der Waals surface area (Å²) in [5, 5.41) is 0. The maximum atomic E-state index is 11.9. The Morgan fingerprint density at radius 1 is 0.895 bits per heavy atom. The van der Waals surface area contributed by atoms with Gasteiger partial charge in [-0.2, -0.15) is 15.0 Å². The number of nitrogens with zero attached hydrogens (tertiary/aromatic N) is 6. The highest BCUT2D eigenvalue weighted by Crippen LogP contribution is 2.16. The minimum atomic E-state index is -0.222. The van der Waals surface area contributed by atoms with Crippen molar-refractivity contribution in [2.45, 2.75) is 6.92 Å². The first-order valence-electron chi connectivity index (χ1n) is 5.78. The van der Waals surface area contributed by atoms with E-state index in [4.69, 9.17) is 0 Å². The predicted molar refractivity (Wildman–Crippen MR) is 76.7 cm³/mol. The molecular weight excluding hydrogens is 244 g/mol. The predicted octanol–water partition coefficient (Wildman–Crippen LogP) is 0.542. The van der Waals surface area contributed by atoms with Crippen LogP contribution in [0.2, 0.25) is 0 Å². The largest absolute Gasteiger partial charge is 0.347 e. The number of carbonyl (C=O) groups is 1. The number of amides is 1. The van der Waals surface area contributed by atoms with Gasteiger partial charge in [-0.05, 0) is 6.92 Å². The summed E-state index contributed by atoms with van der Waals surface area (Å²) in [6.45, 7) is 5.29. The van der Waals surface area contributed by atoms with Crippen molar-refractivity contribution in [3.05, 3.63) is 12.2 Å². The summed E-state index contributed by atoms with van der Waals surface area (Å²) in [5.74, 6) is 1.07. The molecular formula is C12H20N6O. The van der Waals surface area contributed by atoms with Crippen LogP contribution in [0, 0.1) is 0 Å². The quantitative estimate of drug-likeness (QED) is 0.740. The van der Waals surface area contributed by atoms with Crippen LogP contribution in [0.25, 0.3) is 0 Å². The molecule has 0 N–H and O–H groups in total. The number of rotatable bonds is 4. The molecule has 1 amide bonds. The molecule has 1 rings (SSSR count).